The van der Waals surface area contributed by atoms with E-state index < -0.39 is 6.17 Å². The summed E-state index contributed by atoms with van der Waals surface area (Å²) in [7, 11) is 0. The minimum atomic E-state index is -0.401. The largest absolute Gasteiger partial charge is 0.339 e. The van der Waals surface area contributed by atoms with E-state index in [0.29, 0.717) is 6.41 Å². The summed E-state index contributed by atoms with van der Waals surface area (Å²) < 4.78 is 0. The molecule has 0 spiro atoms. The van der Waals surface area contributed by atoms with Gasteiger partial charge in [-0.05, 0) is 12.5 Å². The molecule has 0 saturated carbocycles. The van der Waals surface area contributed by atoms with Crippen molar-refractivity contribution < 1.29 is 4.79 Å². The van der Waals surface area contributed by atoms with Crippen molar-refractivity contribution in [3.8, 4) is 0 Å². The molecule has 0 fully saturated rings. The highest BCUT2D eigenvalue weighted by Crippen LogP contribution is 2.08. The van der Waals surface area contributed by atoms with Gasteiger partial charge in [-0.15, -0.1) is 0 Å². The molecule has 1 unspecified atom stereocenters. The molecule has 1 aromatic rings. The van der Waals surface area contributed by atoms with Crippen LogP contribution in [-0.4, -0.2) is 6.41 Å². The van der Waals surface area contributed by atoms with E-state index in [9.17, 15) is 4.79 Å². The highest BCUT2D eigenvalue weighted by Gasteiger charge is 2.02. The van der Waals surface area contributed by atoms with Gasteiger partial charge in [0.25, 0.3) is 0 Å². The summed E-state index contributed by atoms with van der Waals surface area (Å²) in [6, 6.07) is 7.73. The molecular weight excluding hydrogens is 152 g/mol. The maximum atomic E-state index is 10.1. The SMILES string of the molecule is Cc1cccc(C(N)NC=O)c1. The fourth-order valence-electron chi connectivity index (χ4n) is 1.03. The number of rotatable bonds is 3. The zero-order valence-corrected chi connectivity index (χ0v) is 6.95. The van der Waals surface area contributed by atoms with Gasteiger partial charge < -0.3 is 11.1 Å². The molecule has 3 nitrogen and oxygen atoms in total. The third-order valence-corrected chi connectivity index (χ3v) is 1.65. The second kappa shape index (κ2) is 3.88. The van der Waals surface area contributed by atoms with Gasteiger partial charge in [-0.3, -0.25) is 4.79 Å². The summed E-state index contributed by atoms with van der Waals surface area (Å²) >= 11 is 0. The Balaban J connectivity index is 2.80. The van der Waals surface area contributed by atoms with Crippen LogP contribution in [-0.2, 0) is 4.79 Å². The van der Waals surface area contributed by atoms with Gasteiger partial charge in [0.05, 0.1) is 0 Å². The molecule has 3 N–H and O–H groups in total. The summed E-state index contributed by atoms with van der Waals surface area (Å²) in [5, 5.41) is 2.49. The topological polar surface area (TPSA) is 55.1 Å². The zero-order chi connectivity index (χ0) is 8.97. The molecule has 1 amide bonds. The van der Waals surface area contributed by atoms with Gasteiger partial charge in [-0.25, -0.2) is 0 Å². The standard InChI is InChI=1S/C9H12N2O/c1-7-3-2-4-8(5-7)9(10)11-6-12/h2-6,9H,10H2,1H3,(H,11,12). The highest BCUT2D eigenvalue weighted by atomic mass is 16.1. The molecule has 1 atom stereocenters. The predicted molar refractivity (Wildman–Crippen MR) is 47.3 cm³/mol. The van der Waals surface area contributed by atoms with Gasteiger partial charge in [0.1, 0.15) is 6.17 Å². The van der Waals surface area contributed by atoms with Crippen molar-refractivity contribution in [1.29, 1.82) is 0 Å². The van der Waals surface area contributed by atoms with Crippen LogP contribution >= 0.6 is 0 Å². The van der Waals surface area contributed by atoms with Crippen LogP contribution in [0.2, 0.25) is 0 Å². The Morgan fingerprint density at radius 2 is 2.33 bits per heavy atom. The van der Waals surface area contributed by atoms with Crippen molar-refractivity contribution in [2.45, 2.75) is 13.1 Å². The van der Waals surface area contributed by atoms with E-state index in [1.165, 1.54) is 0 Å². The molecule has 0 heterocycles. The summed E-state index contributed by atoms with van der Waals surface area (Å²) in [4.78, 5) is 10.1. The van der Waals surface area contributed by atoms with Crippen LogP contribution in [0.3, 0.4) is 0 Å². The molecule has 0 aliphatic rings. The molecular formula is C9H12N2O. The van der Waals surface area contributed by atoms with Crippen molar-refractivity contribution in [2.24, 2.45) is 5.73 Å². The first kappa shape index (κ1) is 8.74. The Bertz CT molecular complexity index is 273. The number of hydrogen-bond acceptors (Lipinski definition) is 2. The molecule has 0 bridgehead atoms. The molecule has 3 heteroatoms. The lowest BCUT2D eigenvalue weighted by atomic mass is 10.1. The lowest BCUT2D eigenvalue weighted by molar-refractivity contribution is -0.110. The second-order valence-electron chi connectivity index (χ2n) is 2.68. The van der Waals surface area contributed by atoms with Gasteiger partial charge in [-0.1, -0.05) is 29.8 Å². The van der Waals surface area contributed by atoms with Crippen LogP contribution in [0.5, 0.6) is 0 Å². The fourth-order valence-corrected chi connectivity index (χ4v) is 1.03. The zero-order valence-electron chi connectivity index (χ0n) is 6.95. The van der Waals surface area contributed by atoms with Crippen LogP contribution in [0.4, 0.5) is 0 Å². The number of carbonyl (C=O) groups is 1. The predicted octanol–water partition coefficient (Wildman–Crippen LogP) is 0.698. The summed E-state index contributed by atoms with van der Waals surface area (Å²) in [5.74, 6) is 0. The van der Waals surface area contributed by atoms with Crippen LogP contribution < -0.4 is 11.1 Å². The Hall–Kier alpha value is -1.35. The smallest absolute Gasteiger partial charge is 0.208 e. The third kappa shape index (κ3) is 2.07. The lowest BCUT2D eigenvalue weighted by Gasteiger charge is -2.10. The van der Waals surface area contributed by atoms with Crippen LogP contribution in [0.1, 0.15) is 17.3 Å². The van der Waals surface area contributed by atoms with Gasteiger partial charge in [0.15, 0.2) is 0 Å². The minimum Gasteiger partial charge on any atom is -0.339 e. The first-order valence-electron chi connectivity index (χ1n) is 3.76. The van der Waals surface area contributed by atoms with E-state index in [0.717, 1.165) is 11.1 Å². The number of nitrogens with one attached hydrogen (secondary N) is 1. The quantitative estimate of drug-likeness (QED) is 0.510. The Labute approximate surface area is 71.6 Å². The van der Waals surface area contributed by atoms with E-state index in [2.05, 4.69) is 5.32 Å². The number of amides is 1. The first-order chi connectivity index (χ1) is 5.74. The maximum Gasteiger partial charge on any atom is 0.208 e. The highest BCUT2D eigenvalue weighted by molar-refractivity contribution is 5.47. The van der Waals surface area contributed by atoms with E-state index in [1.54, 1.807) is 0 Å². The maximum absolute atomic E-state index is 10.1. The van der Waals surface area contributed by atoms with Crippen LogP contribution in [0.25, 0.3) is 0 Å². The molecule has 64 valence electrons. The van der Waals surface area contributed by atoms with E-state index >= 15 is 0 Å². The average Bonchev–Trinajstić information content (AvgIpc) is 2.05. The van der Waals surface area contributed by atoms with Crippen molar-refractivity contribution in [3.05, 3.63) is 35.4 Å². The van der Waals surface area contributed by atoms with E-state index in [-0.39, 0.29) is 0 Å². The van der Waals surface area contributed by atoms with Crippen LogP contribution in [0, 0.1) is 6.92 Å². The monoisotopic (exact) mass is 164 g/mol. The van der Waals surface area contributed by atoms with Gasteiger partial charge in [0, 0.05) is 0 Å². The number of aryl methyl sites for hydroxylation is 1. The van der Waals surface area contributed by atoms with Crippen LogP contribution in [0.15, 0.2) is 24.3 Å². The molecule has 1 rings (SSSR count). The first-order valence-corrected chi connectivity index (χ1v) is 3.76. The molecule has 0 radical (unpaired) electrons. The van der Waals surface area contributed by atoms with Gasteiger partial charge in [-0.2, -0.15) is 0 Å². The number of benzene rings is 1. The summed E-state index contributed by atoms with van der Waals surface area (Å²) in [6.07, 6.45) is 0.204. The van der Waals surface area contributed by atoms with Crippen molar-refractivity contribution >= 4 is 6.41 Å². The molecule has 0 aliphatic heterocycles. The van der Waals surface area contributed by atoms with E-state index in [1.807, 2.05) is 31.2 Å². The third-order valence-electron chi connectivity index (χ3n) is 1.65. The molecule has 12 heavy (non-hydrogen) atoms. The van der Waals surface area contributed by atoms with Gasteiger partial charge in [0.2, 0.25) is 6.41 Å². The number of hydrogen-bond donors (Lipinski definition) is 2. The normalized spacial score (nSPS) is 12.2. The fraction of sp³-hybridized carbons (Fsp3) is 0.222. The Kier molecular flexibility index (Phi) is 2.82. The Morgan fingerprint density at radius 3 is 2.92 bits per heavy atom. The minimum absolute atomic E-state index is 0.401. The van der Waals surface area contributed by atoms with E-state index in [4.69, 9.17) is 5.73 Å². The number of nitrogens with two attached hydrogens (primary N) is 1. The molecule has 1 aromatic carbocycles. The van der Waals surface area contributed by atoms with Crippen molar-refractivity contribution in [3.63, 3.8) is 0 Å². The summed E-state index contributed by atoms with van der Waals surface area (Å²) in [5.41, 5.74) is 7.69. The summed E-state index contributed by atoms with van der Waals surface area (Å²) in [6.45, 7) is 1.98. The average molecular weight is 164 g/mol. The molecule has 0 aliphatic carbocycles. The molecule has 0 saturated heterocycles. The van der Waals surface area contributed by atoms with Gasteiger partial charge >= 0.3 is 0 Å². The van der Waals surface area contributed by atoms with Crippen molar-refractivity contribution in [1.82, 2.24) is 5.32 Å². The molecule has 0 aromatic heterocycles. The van der Waals surface area contributed by atoms with Crippen molar-refractivity contribution in [2.75, 3.05) is 0 Å². The Morgan fingerprint density at radius 1 is 1.58 bits per heavy atom. The second-order valence-corrected chi connectivity index (χ2v) is 2.68. The number of carbonyl (C=O) groups excluding carboxylic acids is 1. The lowest BCUT2D eigenvalue weighted by Crippen LogP contribution is -2.27.